The maximum atomic E-state index is 11.9. The lowest BCUT2D eigenvalue weighted by atomic mass is 9.95. The topological polar surface area (TPSA) is 92.9 Å². The second-order valence-corrected chi connectivity index (χ2v) is 3.48. The summed E-state index contributed by atoms with van der Waals surface area (Å²) in [5.74, 6) is -0.0610. The molecule has 2 aliphatic rings. The van der Waals surface area contributed by atoms with Gasteiger partial charge in [-0.2, -0.15) is 4.99 Å². The highest BCUT2D eigenvalue weighted by Crippen LogP contribution is 2.23. The molecule has 0 bridgehead atoms. The monoisotopic (exact) mass is 208 g/mol. The highest BCUT2D eigenvalue weighted by atomic mass is 16.2. The summed E-state index contributed by atoms with van der Waals surface area (Å²) in [7, 11) is 3.52. The Morgan fingerprint density at radius 1 is 1.73 bits per heavy atom. The van der Waals surface area contributed by atoms with Crippen LogP contribution in [-0.2, 0) is 4.79 Å². The van der Waals surface area contributed by atoms with E-state index in [0.717, 1.165) is 0 Å². The molecule has 1 atom stereocenters. The van der Waals surface area contributed by atoms with Gasteiger partial charge in [0.05, 0.1) is 6.34 Å². The van der Waals surface area contributed by atoms with E-state index in [0.29, 0.717) is 12.4 Å². The van der Waals surface area contributed by atoms with Crippen LogP contribution in [-0.4, -0.2) is 55.1 Å². The summed E-state index contributed by atoms with van der Waals surface area (Å²) in [6, 6.07) is 0. The van der Waals surface area contributed by atoms with E-state index in [1.165, 1.54) is 0 Å². The summed E-state index contributed by atoms with van der Waals surface area (Å²) in [6.07, 6.45) is 1.55. The van der Waals surface area contributed by atoms with E-state index in [-0.39, 0.29) is 11.9 Å². The van der Waals surface area contributed by atoms with Gasteiger partial charge < -0.3 is 10.2 Å². The first kappa shape index (κ1) is 9.78. The molecule has 3 N–H and O–H groups in total. The van der Waals surface area contributed by atoms with Gasteiger partial charge in [0.25, 0.3) is 5.91 Å². The fraction of sp³-hybridized carbons (Fsp3) is 0.500. The van der Waals surface area contributed by atoms with Crippen molar-refractivity contribution in [1.82, 2.24) is 15.5 Å². The molecule has 2 rings (SSSR count). The Bertz CT molecular complexity index is 387. The average molecular weight is 208 g/mol. The molecule has 0 fully saturated rings. The van der Waals surface area contributed by atoms with Crippen LogP contribution in [0.15, 0.2) is 9.98 Å². The molecular formula is C8H12N6O. The highest BCUT2D eigenvalue weighted by molar-refractivity contribution is 6.26. The quantitative estimate of drug-likeness (QED) is 0.509. The second-order valence-electron chi connectivity index (χ2n) is 3.48. The molecule has 0 saturated carbocycles. The fourth-order valence-electron chi connectivity index (χ4n) is 1.77. The molecule has 7 heteroatoms. The number of nitrogens with one attached hydrogen (secondary N) is 3. The van der Waals surface area contributed by atoms with Crippen LogP contribution in [0.3, 0.4) is 0 Å². The number of carbonyl (C=O) groups is 1. The molecule has 0 saturated heterocycles. The summed E-state index contributed by atoms with van der Waals surface area (Å²) >= 11 is 0. The zero-order chi connectivity index (χ0) is 11.1. The number of guanidine groups is 1. The Hall–Kier alpha value is -1.76. The first-order chi connectivity index (χ1) is 7.11. The van der Waals surface area contributed by atoms with E-state index >= 15 is 0 Å². The predicted molar refractivity (Wildman–Crippen MR) is 56.2 cm³/mol. The van der Waals surface area contributed by atoms with Crippen LogP contribution in [0.4, 0.5) is 0 Å². The number of hydrogen-bond donors (Lipinski definition) is 3. The first-order valence-corrected chi connectivity index (χ1v) is 4.52. The van der Waals surface area contributed by atoms with Crippen molar-refractivity contribution in [3.8, 4) is 0 Å². The van der Waals surface area contributed by atoms with Crippen LogP contribution < -0.4 is 10.6 Å². The van der Waals surface area contributed by atoms with Crippen molar-refractivity contribution in [3.63, 3.8) is 0 Å². The molecule has 2 heterocycles. The van der Waals surface area contributed by atoms with Crippen LogP contribution >= 0.6 is 0 Å². The van der Waals surface area contributed by atoms with Crippen molar-refractivity contribution in [2.45, 2.75) is 5.54 Å². The van der Waals surface area contributed by atoms with E-state index in [1.54, 1.807) is 25.3 Å². The van der Waals surface area contributed by atoms with Crippen LogP contribution in [0.5, 0.6) is 0 Å². The average Bonchev–Trinajstić information content (AvgIpc) is 2.47. The SMILES string of the molecule is CNCC12C(=O)NC(=N)N=C1N=CN2C. The smallest absolute Gasteiger partial charge is 0.261 e. The van der Waals surface area contributed by atoms with Crippen LogP contribution in [0.1, 0.15) is 0 Å². The molecular weight excluding hydrogens is 196 g/mol. The summed E-state index contributed by atoms with van der Waals surface area (Å²) in [4.78, 5) is 21.6. The van der Waals surface area contributed by atoms with E-state index < -0.39 is 5.54 Å². The van der Waals surface area contributed by atoms with Gasteiger partial charge in [-0.25, -0.2) is 4.99 Å². The third kappa shape index (κ3) is 1.16. The molecule has 1 unspecified atom stereocenters. The van der Waals surface area contributed by atoms with E-state index in [1.807, 2.05) is 0 Å². The lowest BCUT2D eigenvalue weighted by molar-refractivity contribution is -0.125. The number of fused-ring (bicyclic) bond motifs is 1. The van der Waals surface area contributed by atoms with Crippen LogP contribution in [0.2, 0.25) is 0 Å². The van der Waals surface area contributed by atoms with Crippen molar-refractivity contribution >= 4 is 24.0 Å². The minimum absolute atomic E-state index is 0.158. The van der Waals surface area contributed by atoms with Gasteiger partial charge in [-0.15, -0.1) is 0 Å². The number of aliphatic imine (C=N–C) groups is 2. The van der Waals surface area contributed by atoms with E-state index in [2.05, 4.69) is 20.6 Å². The second kappa shape index (κ2) is 3.13. The molecule has 0 spiro atoms. The van der Waals surface area contributed by atoms with Gasteiger partial charge in [-0.05, 0) is 7.05 Å². The zero-order valence-electron chi connectivity index (χ0n) is 8.53. The zero-order valence-corrected chi connectivity index (χ0v) is 8.53. The van der Waals surface area contributed by atoms with E-state index in [9.17, 15) is 4.79 Å². The largest absolute Gasteiger partial charge is 0.344 e. The number of carbonyl (C=O) groups excluding carboxylic acids is 1. The van der Waals surface area contributed by atoms with Crippen molar-refractivity contribution in [1.29, 1.82) is 5.41 Å². The molecule has 1 amide bonds. The highest BCUT2D eigenvalue weighted by Gasteiger charge is 2.52. The Kier molecular flexibility index (Phi) is 2.04. The van der Waals surface area contributed by atoms with E-state index in [4.69, 9.17) is 5.41 Å². The molecule has 2 aliphatic heterocycles. The normalized spacial score (nSPS) is 28.9. The van der Waals surface area contributed by atoms with Gasteiger partial charge in [0.1, 0.15) is 0 Å². The molecule has 15 heavy (non-hydrogen) atoms. The minimum Gasteiger partial charge on any atom is -0.344 e. The summed E-state index contributed by atoms with van der Waals surface area (Å²) < 4.78 is 0. The van der Waals surface area contributed by atoms with Gasteiger partial charge >= 0.3 is 0 Å². The molecule has 0 aromatic carbocycles. The minimum atomic E-state index is -0.903. The van der Waals surface area contributed by atoms with Gasteiger partial charge in [0.2, 0.25) is 5.96 Å². The van der Waals surface area contributed by atoms with Gasteiger partial charge in [-0.3, -0.25) is 15.5 Å². The Morgan fingerprint density at radius 2 is 2.47 bits per heavy atom. The Labute approximate surface area is 86.8 Å². The number of amidine groups is 1. The molecule has 0 aromatic rings. The number of hydrogen-bond acceptors (Lipinski definition) is 5. The van der Waals surface area contributed by atoms with Gasteiger partial charge in [0, 0.05) is 13.6 Å². The third-order valence-corrected chi connectivity index (χ3v) is 2.58. The van der Waals surface area contributed by atoms with Crippen molar-refractivity contribution in [2.24, 2.45) is 9.98 Å². The first-order valence-electron chi connectivity index (χ1n) is 4.52. The Morgan fingerprint density at radius 3 is 3.13 bits per heavy atom. The molecule has 0 aromatic heterocycles. The fourth-order valence-corrected chi connectivity index (χ4v) is 1.77. The summed E-state index contributed by atoms with van der Waals surface area (Å²) in [6.45, 7) is 0.404. The molecule has 7 nitrogen and oxygen atoms in total. The molecule has 80 valence electrons. The standard InChI is InChI=1S/C8H12N6O/c1-10-3-8-5(11-4-14(8)2)12-7(9)13-6(8)15/h4,10H,3H2,1-2H3,(H2,9,13,15). The number of likely N-dealkylation sites (N-methyl/N-ethyl adjacent to an activating group) is 2. The van der Waals surface area contributed by atoms with Crippen LogP contribution in [0, 0.1) is 5.41 Å². The van der Waals surface area contributed by atoms with Crippen molar-refractivity contribution in [2.75, 3.05) is 20.6 Å². The Balaban J connectivity index is 2.49. The van der Waals surface area contributed by atoms with Crippen LogP contribution in [0.25, 0.3) is 0 Å². The number of nitrogens with zero attached hydrogens (tertiary/aromatic N) is 3. The maximum absolute atomic E-state index is 11.9. The lowest BCUT2D eigenvalue weighted by Crippen LogP contribution is -2.66. The summed E-state index contributed by atoms with van der Waals surface area (Å²) in [5.41, 5.74) is -0.903. The van der Waals surface area contributed by atoms with Gasteiger partial charge in [-0.1, -0.05) is 0 Å². The maximum Gasteiger partial charge on any atom is 0.261 e. The predicted octanol–water partition coefficient (Wildman–Crippen LogP) is -1.62. The van der Waals surface area contributed by atoms with Crippen molar-refractivity contribution in [3.05, 3.63) is 0 Å². The molecule has 0 radical (unpaired) electrons. The molecule has 0 aliphatic carbocycles. The lowest BCUT2D eigenvalue weighted by Gasteiger charge is -2.35. The number of rotatable bonds is 2. The number of amides is 1. The summed E-state index contributed by atoms with van der Waals surface area (Å²) in [5, 5.41) is 12.7. The third-order valence-electron chi connectivity index (χ3n) is 2.58. The van der Waals surface area contributed by atoms with Crippen molar-refractivity contribution < 1.29 is 4.79 Å². The van der Waals surface area contributed by atoms with Gasteiger partial charge in [0.15, 0.2) is 11.4 Å².